The van der Waals surface area contributed by atoms with Gasteiger partial charge in [-0.2, -0.15) is 0 Å². The Morgan fingerprint density at radius 2 is 1.58 bits per heavy atom. The Balaban J connectivity index is 4.28. The third-order valence-corrected chi connectivity index (χ3v) is 1.93. The first kappa shape index (κ1) is 11.8. The number of nitrogens with zero attached hydrogens (tertiary/aromatic N) is 1. The van der Waals surface area contributed by atoms with Gasteiger partial charge >= 0.3 is 0 Å². The van der Waals surface area contributed by atoms with Crippen molar-refractivity contribution in [2.24, 2.45) is 0 Å². The van der Waals surface area contributed by atoms with Gasteiger partial charge in [-0.25, -0.2) is 0 Å². The topological polar surface area (TPSA) is 47.5 Å². The van der Waals surface area contributed by atoms with Gasteiger partial charge in [-0.05, 0) is 27.2 Å². The highest BCUT2D eigenvalue weighted by Crippen LogP contribution is 2.01. The molecule has 0 aromatic carbocycles. The molecule has 0 radical (unpaired) electrons. The van der Waals surface area contributed by atoms with Crippen molar-refractivity contribution in [1.82, 2.24) is 15.5 Å². The number of likely N-dealkylation sites (N-methyl/N-ethyl adjacent to an activating group) is 3. The molecular weight excluding hydrogens is 154 g/mol. The zero-order valence-corrected chi connectivity index (χ0v) is 8.52. The summed E-state index contributed by atoms with van der Waals surface area (Å²) in [5.74, 6) is -0.469. The lowest BCUT2D eigenvalue weighted by Crippen LogP contribution is -2.67. The van der Waals surface area contributed by atoms with E-state index in [2.05, 4.69) is 10.6 Å². The Bertz CT molecular complexity index is 111. The van der Waals surface area contributed by atoms with Crippen molar-refractivity contribution in [3.8, 4) is 0 Å². The molecule has 4 heteroatoms. The molecule has 0 aliphatic rings. The molecule has 4 nitrogen and oxygen atoms in total. The number of rotatable bonds is 6. The molecule has 0 aromatic heterocycles. The van der Waals surface area contributed by atoms with E-state index in [-0.39, 0.29) is 6.61 Å². The summed E-state index contributed by atoms with van der Waals surface area (Å²) in [7, 11) is 3.86. The van der Waals surface area contributed by atoms with Crippen LogP contribution in [0.5, 0.6) is 0 Å². The highest BCUT2D eigenvalue weighted by molar-refractivity contribution is 4.80. The van der Waals surface area contributed by atoms with Gasteiger partial charge in [0, 0.05) is 0 Å². The van der Waals surface area contributed by atoms with Crippen LogP contribution in [0.3, 0.4) is 0 Å². The molecule has 0 atom stereocenters. The minimum absolute atomic E-state index is 0.0572. The second-order valence-electron chi connectivity index (χ2n) is 2.97. The van der Waals surface area contributed by atoms with Crippen LogP contribution in [0, 0.1) is 0 Å². The van der Waals surface area contributed by atoms with Crippen LogP contribution in [-0.4, -0.2) is 49.6 Å². The van der Waals surface area contributed by atoms with Crippen LogP contribution in [0.15, 0.2) is 0 Å². The minimum atomic E-state index is -0.469. The number of hydrogen-bond acceptors (Lipinski definition) is 4. The Hall–Kier alpha value is -0.160. The fourth-order valence-corrected chi connectivity index (χ4v) is 1.22. The molecule has 3 N–H and O–H groups in total. The lowest BCUT2D eigenvalue weighted by molar-refractivity contribution is 0.0109. The Morgan fingerprint density at radius 1 is 1.17 bits per heavy atom. The van der Waals surface area contributed by atoms with E-state index in [4.69, 9.17) is 0 Å². The standard InChI is InChI=1S/C8H21N3O/c1-5-9-8(7-12,10-6-2)11(3)4/h9-10,12H,5-7H2,1-4H3. The molecule has 0 aliphatic heterocycles. The van der Waals surface area contributed by atoms with E-state index in [9.17, 15) is 5.11 Å². The van der Waals surface area contributed by atoms with E-state index < -0.39 is 5.79 Å². The van der Waals surface area contributed by atoms with Crippen molar-refractivity contribution in [3.05, 3.63) is 0 Å². The van der Waals surface area contributed by atoms with Gasteiger partial charge < -0.3 is 5.11 Å². The molecule has 0 aromatic rings. The smallest absolute Gasteiger partial charge is 0.149 e. The summed E-state index contributed by atoms with van der Waals surface area (Å²) < 4.78 is 0. The molecule has 0 spiro atoms. The lowest BCUT2D eigenvalue weighted by atomic mass is 10.3. The Kier molecular flexibility index (Phi) is 5.41. The van der Waals surface area contributed by atoms with E-state index >= 15 is 0 Å². The number of nitrogens with one attached hydrogen (secondary N) is 2. The fourth-order valence-electron chi connectivity index (χ4n) is 1.22. The van der Waals surface area contributed by atoms with E-state index in [1.54, 1.807) is 0 Å². The molecule has 0 rings (SSSR count). The van der Waals surface area contributed by atoms with E-state index in [0.717, 1.165) is 13.1 Å². The SMILES string of the molecule is CCNC(CO)(NCC)N(C)C. The second-order valence-corrected chi connectivity index (χ2v) is 2.97. The zero-order valence-electron chi connectivity index (χ0n) is 8.52. The Labute approximate surface area is 74.9 Å². The van der Waals surface area contributed by atoms with Gasteiger partial charge in [0.15, 0.2) is 0 Å². The summed E-state index contributed by atoms with van der Waals surface area (Å²) in [6.07, 6.45) is 0. The molecule has 0 saturated carbocycles. The second kappa shape index (κ2) is 5.48. The van der Waals surface area contributed by atoms with Crippen molar-refractivity contribution >= 4 is 0 Å². The monoisotopic (exact) mass is 175 g/mol. The molecule has 12 heavy (non-hydrogen) atoms. The third kappa shape index (κ3) is 2.71. The molecule has 0 fully saturated rings. The summed E-state index contributed by atoms with van der Waals surface area (Å²) in [4.78, 5) is 1.94. The summed E-state index contributed by atoms with van der Waals surface area (Å²) in [6.45, 7) is 5.75. The van der Waals surface area contributed by atoms with Crippen LogP contribution in [0.25, 0.3) is 0 Å². The highest BCUT2D eigenvalue weighted by Gasteiger charge is 2.29. The largest absolute Gasteiger partial charge is 0.392 e. The molecule has 0 amide bonds. The molecule has 0 unspecified atom stereocenters. The summed E-state index contributed by atoms with van der Waals surface area (Å²) in [6, 6.07) is 0. The number of aliphatic hydroxyl groups is 1. The van der Waals surface area contributed by atoms with Crippen molar-refractivity contribution in [1.29, 1.82) is 0 Å². The molecule has 0 saturated heterocycles. The average molecular weight is 175 g/mol. The van der Waals surface area contributed by atoms with Gasteiger partial charge in [-0.3, -0.25) is 15.5 Å². The summed E-state index contributed by atoms with van der Waals surface area (Å²) in [5, 5.41) is 15.7. The average Bonchev–Trinajstić information content (AvgIpc) is 2.03. The van der Waals surface area contributed by atoms with E-state index in [1.807, 2.05) is 32.8 Å². The van der Waals surface area contributed by atoms with Gasteiger partial charge in [0.1, 0.15) is 5.79 Å². The maximum Gasteiger partial charge on any atom is 0.149 e. The first-order valence-corrected chi connectivity index (χ1v) is 4.41. The van der Waals surface area contributed by atoms with Crippen LogP contribution in [0.4, 0.5) is 0 Å². The molecule has 0 aliphatic carbocycles. The van der Waals surface area contributed by atoms with Crippen LogP contribution in [0.1, 0.15) is 13.8 Å². The molecule has 0 heterocycles. The normalized spacial score (nSPS) is 12.5. The fraction of sp³-hybridized carbons (Fsp3) is 1.00. The zero-order chi connectivity index (χ0) is 9.61. The number of hydrogen-bond donors (Lipinski definition) is 3. The highest BCUT2D eigenvalue weighted by atomic mass is 16.3. The van der Waals surface area contributed by atoms with Gasteiger partial charge in [-0.1, -0.05) is 13.8 Å². The van der Waals surface area contributed by atoms with Crippen molar-refractivity contribution in [2.45, 2.75) is 19.6 Å². The Morgan fingerprint density at radius 3 is 1.75 bits per heavy atom. The number of aliphatic hydroxyl groups excluding tert-OH is 1. The van der Waals surface area contributed by atoms with Gasteiger partial charge in [0.2, 0.25) is 0 Å². The molecule has 74 valence electrons. The first-order chi connectivity index (χ1) is 5.63. The van der Waals surface area contributed by atoms with Crippen LogP contribution < -0.4 is 10.6 Å². The van der Waals surface area contributed by atoms with Crippen molar-refractivity contribution in [3.63, 3.8) is 0 Å². The predicted octanol–water partition coefficient (Wildman–Crippen LogP) is -0.587. The van der Waals surface area contributed by atoms with E-state index in [0.29, 0.717) is 0 Å². The molecular formula is C8H21N3O. The quantitative estimate of drug-likeness (QED) is 0.472. The van der Waals surface area contributed by atoms with E-state index in [1.165, 1.54) is 0 Å². The van der Waals surface area contributed by atoms with Crippen LogP contribution in [0.2, 0.25) is 0 Å². The predicted molar refractivity (Wildman–Crippen MR) is 50.9 cm³/mol. The molecule has 0 bridgehead atoms. The lowest BCUT2D eigenvalue weighted by Gasteiger charge is -2.39. The minimum Gasteiger partial charge on any atom is -0.392 e. The maximum atomic E-state index is 9.24. The van der Waals surface area contributed by atoms with Crippen molar-refractivity contribution in [2.75, 3.05) is 33.8 Å². The maximum absolute atomic E-state index is 9.24. The van der Waals surface area contributed by atoms with Crippen LogP contribution in [-0.2, 0) is 0 Å². The summed E-state index contributed by atoms with van der Waals surface area (Å²) in [5.41, 5.74) is 0. The van der Waals surface area contributed by atoms with Crippen LogP contribution >= 0.6 is 0 Å². The van der Waals surface area contributed by atoms with Gasteiger partial charge in [0.25, 0.3) is 0 Å². The third-order valence-electron chi connectivity index (χ3n) is 1.93. The van der Waals surface area contributed by atoms with Crippen molar-refractivity contribution < 1.29 is 5.11 Å². The first-order valence-electron chi connectivity index (χ1n) is 4.41. The van der Waals surface area contributed by atoms with Gasteiger partial charge in [-0.15, -0.1) is 0 Å². The summed E-state index contributed by atoms with van der Waals surface area (Å²) >= 11 is 0. The van der Waals surface area contributed by atoms with Gasteiger partial charge in [0.05, 0.1) is 6.61 Å².